The second-order valence-corrected chi connectivity index (χ2v) is 6.44. The highest BCUT2D eigenvalue weighted by Crippen LogP contribution is 2.31. The Labute approximate surface area is 147 Å². The van der Waals surface area contributed by atoms with Crippen molar-refractivity contribution in [1.29, 1.82) is 0 Å². The molecule has 1 amide bonds. The first kappa shape index (κ1) is 17.3. The first-order valence-corrected chi connectivity index (χ1v) is 8.62. The number of amides is 1. The number of ether oxygens (including phenoxy) is 2. The van der Waals surface area contributed by atoms with E-state index in [0.29, 0.717) is 24.3 Å². The molecule has 0 bridgehead atoms. The van der Waals surface area contributed by atoms with Crippen molar-refractivity contribution in [1.82, 2.24) is 4.90 Å². The number of carbonyl (C=O) groups excluding carboxylic acids is 1. The van der Waals surface area contributed by atoms with Crippen LogP contribution in [0, 0.1) is 0 Å². The molecular weight excluding hydrogens is 322 g/mol. The van der Waals surface area contributed by atoms with Crippen LogP contribution in [0.5, 0.6) is 11.5 Å². The molecule has 2 aliphatic rings. The number of carboxylic acid groups (broad SMARTS) is 1. The average molecular weight is 345 g/mol. The van der Waals surface area contributed by atoms with Crippen molar-refractivity contribution in [3.05, 3.63) is 29.3 Å². The Morgan fingerprint density at radius 2 is 2.20 bits per heavy atom. The molecule has 3 rings (SSSR count). The summed E-state index contributed by atoms with van der Waals surface area (Å²) in [5.74, 6) is 0.575. The van der Waals surface area contributed by atoms with Gasteiger partial charge in [-0.2, -0.15) is 0 Å². The van der Waals surface area contributed by atoms with Gasteiger partial charge in [0.15, 0.2) is 0 Å². The van der Waals surface area contributed by atoms with E-state index >= 15 is 0 Å². The van der Waals surface area contributed by atoms with Gasteiger partial charge in [-0.15, -0.1) is 0 Å². The smallest absolute Gasteiger partial charge is 0.303 e. The zero-order chi connectivity index (χ0) is 17.8. The van der Waals surface area contributed by atoms with E-state index < -0.39 is 5.97 Å². The third kappa shape index (κ3) is 3.95. The Bertz CT molecular complexity index is 697. The molecule has 25 heavy (non-hydrogen) atoms. The third-order valence-electron chi connectivity index (χ3n) is 4.78. The number of hydrogen-bond donors (Lipinski definition) is 1. The zero-order valence-electron chi connectivity index (χ0n) is 14.4. The second kappa shape index (κ2) is 7.59. The summed E-state index contributed by atoms with van der Waals surface area (Å²) < 4.78 is 10.9. The fourth-order valence-corrected chi connectivity index (χ4v) is 3.45. The molecule has 2 heterocycles. The molecule has 0 aliphatic carbocycles. The number of methoxy groups -OCH3 is 1. The molecule has 0 saturated carbocycles. The normalized spacial score (nSPS) is 19.5. The fourth-order valence-electron chi connectivity index (χ4n) is 3.45. The van der Waals surface area contributed by atoms with E-state index in [1.165, 1.54) is 0 Å². The molecule has 6 nitrogen and oxygen atoms in total. The number of aliphatic carboxylic acids is 1. The van der Waals surface area contributed by atoms with Crippen LogP contribution in [-0.2, 0) is 9.59 Å². The Morgan fingerprint density at radius 1 is 1.36 bits per heavy atom. The number of fused-ring (bicyclic) bond motifs is 1. The minimum atomic E-state index is -0.820. The first-order valence-electron chi connectivity index (χ1n) is 8.62. The molecule has 0 aromatic heterocycles. The second-order valence-electron chi connectivity index (χ2n) is 6.44. The molecule has 1 N–H and O–H groups in total. The molecule has 1 atom stereocenters. The number of benzene rings is 1. The summed E-state index contributed by atoms with van der Waals surface area (Å²) >= 11 is 0. The standard InChI is InChI=1S/C19H23NO5/c1-24-16-6-7-17-13(11-16)10-14(12-25-17)19(23)20-9-3-2-4-15(20)5-8-18(21)22/h6-7,10-11,15H,2-5,8-9,12H2,1H3,(H,21,22). The van der Waals surface area contributed by atoms with E-state index in [1.54, 1.807) is 7.11 Å². The highest BCUT2D eigenvalue weighted by Gasteiger charge is 2.30. The van der Waals surface area contributed by atoms with Crippen molar-refractivity contribution in [2.24, 2.45) is 0 Å². The number of hydrogen-bond acceptors (Lipinski definition) is 4. The molecule has 0 spiro atoms. The number of carbonyl (C=O) groups is 2. The van der Waals surface area contributed by atoms with Gasteiger partial charge in [0.05, 0.1) is 12.7 Å². The quantitative estimate of drug-likeness (QED) is 0.888. The van der Waals surface area contributed by atoms with Gasteiger partial charge in [0.1, 0.15) is 18.1 Å². The van der Waals surface area contributed by atoms with Crippen LogP contribution >= 0.6 is 0 Å². The largest absolute Gasteiger partial charge is 0.497 e. The van der Waals surface area contributed by atoms with Gasteiger partial charge in [0, 0.05) is 24.6 Å². The molecule has 134 valence electrons. The molecule has 1 aromatic carbocycles. The van der Waals surface area contributed by atoms with E-state index in [4.69, 9.17) is 14.6 Å². The van der Waals surface area contributed by atoms with Crippen molar-refractivity contribution in [2.45, 2.75) is 38.1 Å². The summed E-state index contributed by atoms with van der Waals surface area (Å²) in [6.45, 7) is 0.908. The van der Waals surface area contributed by atoms with Crippen molar-refractivity contribution in [2.75, 3.05) is 20.3 Å². The summed E-state index contributed by atoms with van der Waals surface area (Å²) in [5.41, 5.74) is 1.43. The van der Waals surface area contributed by atoms with E-state index in [9.17, 15) is 9.59 Å². The van der Waals surface area contributed by atoms with Crippen molar-refractivity contribution < 1.29 is 24.2 Å². The van der Waals surface area contributed by atoms with Gasteiger partial charge < -0.3 is 19.5 Å². The fraction of sp³-hybridized carbons (Fsp3) is 0.474. The highest BCUT2D eigenvalue weighted by molar-refractivity contribution is 5.99. The minimum absolute atomic E-state index is 0.00930. The van der Waals surface area contributed by atoms with Crippen LogP contribution in [0.2, 0.25) is 0 Å². The van der Waals surface area contributed by atoms with Crippen LogP contribution in [-0.4, -0.2) is 48.2 Å². The number of nitrogens with zero attached hydrogens (tertiary/aromatic N) is 1. The number of carboxylic acids is 1. The maximum atomic E-state index is 13.0. The van der Waals surface area contributed by atoms with Crippen molar-refractivity contribution in [3.8, 4) is 11.5 Å². The van der Waals surface area contributed by atoms with Crippen LogP contribution in [0.4, 0.5) is 0 Å². The molecule has 1 fully saturated rings. The summed E-state index contributed by atoms with van der Waals surface area (Å²) in [4.78, 5) is 25.7. The first-order chi connectivity index (χ1) is 12.1. The van der Waals surface area contributed by atoms with Crippen LogP contribution in [0.3, 0.4) is 0 Å². The van der Waals surface area contributed by atoms with Crippen LogP contribution in [0.1, 0.15) is 37.7 Å². The summed E-state index contributed by atoms with van der Waals surface area (Å²) in [7, 11) is 1.60. The van der Waals surface area contributed by atoms with Crippen LogP contribution in [0.25, 0.3) is 6.08 Å². The van der Waals surface area contributed by atoms with Crippen molar-refractivity contribution >= 4 is 18.0 Å². The van der Waals surface area contributed by atoms with Gasteiger partial charge in [0.25, 0.3) is 5.91 Å². The van der Waals surface area contributed by atoms with E-state index in [1.807, 2.05) is 29.2 Å². The maximum absolute atomic E-state index is 13.0. The molecular formula is C19H23NO5. The van der Waals surface area contributed by atoms with Gasteiger partial charge in [-0.05, 0) is 50.0 Å². The predicted molar refractivity (Wildman–Crippen MR) is 92.7 cm³/mol. The van der Waals surface area contributed by atoms with E-state index in [0.717, 1.165) is 30.6 Å². The Morgan fingerprint density at radius 3 is 2.96 bits per heavy atom. The molecule has 1 aromatic rings. The Kier molecular flexibility index (Phi) is 5.26. The summed E-state index contributed by atoms with van der Waals surface area (Å²) in [6.07, 6.45) is 5.28. The number of piperidine rings is 1. The minimum Gasteiger partial charge on any atom is -0.497 e. The topological polar surface area (TPSA) is 76.1 Å². The number of likely N-dealkylation sites (tertiary alicyclic amines) is 1. The van der Waals surface area contributed by atoms with E-state index in [2.05, 4.69) is 0 Å². The lowest BCUT2D eigenvalue weighted by atomic mass is 9.96. The average Bonchev–Trinajstić information content (AvgIpc) is 2.65. The highest BCUT2D eigenvalue weighted by atomic mass is 16.5. The summed E-state index contributed by atoms with van der Waals surface area (Å²) in [5, 5.41) is 8.93. The van der Waals surface area contributed by atoms with Gasteiger partial charge in [-0.1, -0.05) is 0 Å². The molecule has 0 radical (unpaired) electrons. The van der Waals surface area contributed by atoms with E-state index in [-0.39, 0.29) is 25.0 Å². The van der Waals surface area contributed by atoms with Crippen LogP contribution < -0.4 is 9.47 Å². The zero-order valence-corrected chi connectivity index (χ0v) is 14.4. The molecule has 1 unspecified atom stereocenters. The predicted octanol–water partition coefficient (Wildman–Crippen LogP) is 2.72. The maximum Gasteiger partial charge on any atom is 0.303 e. The lowest BCUT2D eigenvalue weighted by Gasteiger charge is -2.36. The molecule has 2 aliphatic heterocycles. The lowest BCUT2D eigenvalue weighted by molar-refractivity contribution is -0.139. The van der Waals surface area contributed by atoms with Gasteiger partial charge in [0.2, 0.25) is 0 Å². The number of rotatable bonds is 5. The Balaban J connectivity index is 1.78. The summed E-state index contributed by atoms with van der Waals surface area (Å²) in [6, 6.07) is 5.50. The van der Waals surface area contributed by atoms with Gasteiger partial charge in [-0.25, -0.2) is 0 Å². The van der Waals surface area contributed by atoms with Gasteiger partial charge in [-0.3, -0.25) is 9.59 Å². The Hall–Kier alpha value is -2.50. The SMILES string of the molecule is COc1ccc2c(c1)C=C(C(=O)N1CCCCC1CCC(=O)O)CO2. The molecule has 6 heteroatoms. The molecule has 1 saturated heterocycles. The van der Waals surface area contributed by atoms with Crippen LogP contribution in [0.15, 0.2) is 23.8 Å². The van der Waals surface area contributed by atoms with Crippen molar-refractivity contribution in [3.63, 3.8) is 0 Å². The van der Waals surface area contributed by atoms with Gasteiger partial charge >= 0.3 is 5.97 Å². The lowest BCUT2D eigenvalue weighted by Crippen LogP contribution is -2.45. The third-order valence-corrected chi connectivity index (χ3v) is 4.78. The monoisotopic (exact) mass is 345 g/mol.